The second kappa shape index (κ2) is 6.31. The summed E-state index contributed by atoms with van der Waals surface area (Å²) in [5.74, 6) is 0.968. The van der Waals surface area contributed by atoms with Crippen LogP contribution >= 0.6 is 0 Å². The molecule has 0 atom stereocenters. The molecule has 1 aromatic carbocycles. The first kappa shape index (κ1) is 14.8. The average molecular weight is 285 g/mol. The van der Waals surface area contributed by atoms with E-state index in [1.807, 2.05) is 19.2 Å². The summed E-state index contributed by atoms with van der Waals surface area (Å²) in [6, 6.07) is 8.31. The molecule has 0 aromatic heterocycles. The maximum Gasteiger partial charge on any atom is 0.164 e. The van der Waals surface area contributed by atoms with Crippen molar-refractivity contribution in [3.8, 4) is 0 Å². The number of carbonyl (C=O) groups is 1. The first-order valence-corrected chi connectivity index (χ1v) is 8.55. The van der Waals surface area contributed by atoms with E-state index in [4.69, 9.17) is 0 Å². The molecule has 2 saturated carbocycles. The number of carbonyl (C=O) groups excluding carboxylic acids is 1. The lowest BCUT2D eigenvalue weighted by Gasteiger charge is -2.37. The van der Waals surface area contributed by atoms with Crippen molar-refractivity contribution in [2.75, 3.05) is 7.05 Å². The normalized spacial score (nSPS) is 21.8. The number of nitrogens with one attached hydrogen (secondary N) is 1. The van der Waals surface area contributed by atoms with E-state index in [1.54, 1.807) is 0 Å². The minimum absolute atomic E-state index is 0.0437. The van der Waals surface area contributed by atoms with Crippen LogP contribution in [0.15, 0.2) is 24.3 Å². The molecule has 0 unspecified atom stereocenters. The van der Waals surface area contributed by atoms with Crippen LogP contribution in [0.4, 0.5) is 0 Å². The fourth-order valence-electron chi connectivity index (χ4n) is 3.97. The lowest BCUT2D eigenvalue weighted by molar-refractivity contribution is 0.0913. The van der Waals surface area contributed by atoms with Crippen molar-refractivity contribution in [3.05, 3.63) is 35.4 Å². The van der Waals surface area contributed by atoms with Gasteiger partial charge in [-0.1, -0.05) is 49.9 Å². The summed E-state index contributed by atoms with van der Waals surface area (Å²) in [4.78, 5) is 12.9. The van der Waals surface area contributed by atoms with Crippen LogP contribution in [-0.4, -0.2) is 18.4 Å². The zero-order chi connectivity index (χ0) is 14.7. The van der Waals surface area contributed by atoms with E-state index in [-0.39, 0.29) is 5.54 Å². The van der Waals surface area contributed by atoms with Crippen LogP contribution < -0.4 is 5.32 Å². The molecule has 0 amide bonds. The van der Waals surface area contributed by atoms with Gasteiger partial charge in [0.2, 0.25) is 0 Å². The van der Waals surface area contributed by atoms with E-state index >= 15 is 0 Å². The predicted molar refractivity (Wildman–Crippen MR) is 86.9 cm³/mol. The molecule has 21 heavy (non-hydrogen) atoms. The van der Waals surface area contributed by atoms with Crippen LogP contribution in [0.1, 0.15) is 79.6 Å². The number of benzene rings is 1. The number of Topliss-reactive ketones (excluding diaryl/α,β-unsaturated/α-hetero) is 1. The predicted octanol–water partition coefficient (Wildman–Crippen LogP) is 4.45. The van der Waals surface area contributed by atoms with Gasteiger partial charge in [0.05, 0.1) is 0 Å². The van der Waals surface area contributed by atoms with Gasteiger partial charge in [-0.25, -0.2) is 0 Å². The number of ketones is 1. The van der Waals surface area contributed by atoms with Gasteiger partial charge in [0, 0.05) is 17.5 Å². The molecule has 0 saturated heterocycles. The van der Waals surface area contributed by atoms with Gasteiger partial charge in [-0.05, 0) is 44.2 Å². The summed E-state index contributed by atoms with van der Waals surface area (Å²) in [5.41, 5.74) is 2.33. The highest BCUT2D eigenvalue weighted by molar-refractivity contribution is 5.98. The van der Waals surface area contributed by atoms with Gasteiger partial charge in [-0.2, -0.15) is 0 Å². The first-order valence-electron chi connectivity index (χ1n) is 8.55. The van der Waals surface area contributed by atoms with Crippen molar-refractivity contribution in [2.45, 2.75) is 69.2 Å². The minimum Gasteiger partial charge on any atom is -0.314 e. The molecule has 2 fully saturated rings. The fraction of sp³-hybridized carbons (Fsp3) is 0.632. The number of hydrogen-bond donors (Lipinski definition) is 1. The molecule has 0 aliphatic heterocycles. The maximum atomic E-state index is 12.9. The van der Waals surface area contributed by atoms with Crippen molar-refractivity contribution >= 4 is 5.78 Å². The maximum absolute atomic E-state index is 12.9. The molecule has 0 spiro atoms. The Morgan fingerprint density at radius 2 is 1.86 bits per heavy atom. The number of hydrogen-bond acceptors (Lipinski definition) is 2. The highest BCUT2D eigenvalue weighted by Gasteiger charge is 2.34. The molecule has 2 aliphatic carbocycles. The molecule has 3 rings (SSSR count). The quantitative estimate of drug-likeness (QED) is 0.810. The van der Waals surface area contributed by atoms with Crippen LogP contribution in [0.25, 0.3) is 0 Å². The third-order valence-electron chi connectivity index (χ3n) is 5.65. The van der Waals surface area contributed by atoms with E-state index < -0.39 is 0 Å². The molecule has 1 aromatic rings. The van der Waals surface area contributed by atoms with Crippen LogP contribution in [0.5, 0.6) is 0 Å². The number of rotatable bonds is 5. The highest BCUT2D eigenvalue weighted by Crippen LogP contribution is 2.39. The second-order valence-electron chi connectivity index (χ2n) is 6.91. The summed E-state index contributed by atoms with van der Waals surface area (Å²) in [6.45, 7) is 0. The van der Waals surface area contributed by atoms with Crippen molar-refractivity contribution in [1.29, 1.82) is 0 Å². The average Bonchev–Trinajstić information content (AvgIpc) is 2.47. The summed E-state index contributed by atoms with van der Waals surface area (Å²) in [7, 11) is 2.02. The van der Waals surface area contributed by atoms with Crippen LogP contribution in [-0.2, 0) is 0 Å². The third-order valence-corrected chi connectivity index (χ3v) is 5.65. The second-order valence-corrected chi connectivity index (χ2v) is 6.91. The molecule has 1 N–H and O–H groups in total. The Bertz CT molecular complexity index is 498. The monoisotopic (exact) mass is 285 g/mol. The zero-order valence-electron chi connectivity index (χ0n) is 13.2. The fourth-order valence-corrected chi connectivity index (χ4v) is 3.97. The molecule has 2 nitrogen and oxygen atoms in total. The molecule has 0 heterocycles. The largest absolute Gasteiger partial charge is 0.314 e. The van der Waals surface area contributed by atoms with Gasteiger partial charge < -0.3 is 5.32 Å². The van der Waals surface area contributed by atoms with Crippen molar-refractivity contribution in [2.24, 2.45) is 0 Å². The SMILES string of the molecule is CNC1(CC(=O)c2ccccc2C2CCC2)CCCCC1. The molecular formula is C19H27NO. The third kappa shape index (κ3) is 3.06. The summed E-state index contributed by atoms with van der Waals surface area (Å²) in [6.07, 6.45) is 10.6. The van der Waals surface area contributed by atoms with Gasteiger partial charge in [-0.3, -0.25) is 4.79 Å². The summed E-state index contributed by atoms with van der Waals surface area (Å²) < 4.78 is 0. The Morgan fingerprint density at radius 3 is 2.48 bits per heavy atom. The van der Waals surface area contributed by atoms with Gasteiger partial charge in [0.25, 0.3) is 0 Å². The lowest BCUT2D eigenvalue weighted by atomic mass is 9.74. The van der Waals surface area contributed by atoms with Crippen LogP contribution in [0, 0.1) is 0 Å². The van der Waals surface area contributed by atoms with Gasteiger partial charge in [0.1, 0.15) is 0 Å². The van der Waals surface area contributed by atoms with E-state index in [0.717, 1.165) is 18.4 Å². The van der Waals surface area contributed by atoms with Crippen LogP contribution in [0.2, 0.25) is 0 Å². The van der Waals surface area contributed by atoms with E-state index in [0.29, 0.717) is 18.1 Å². The van der Waals surface area contributed by atoms with Gasteiger partial charge >= 0.3 is 0 Å². The standard InChI is InChI=1S/C19H27NO/c1-20-19(12-5-2-6-13-19)14-18(21)17-11-4-3-10-16(17)15-8-7-9-15/h3-4,10-11,15,20H,2,5-9,12-14H2,1H3. The van der Waals surface area contributed by atoms with Crippen molar-refractivity contribution in [3.63, 3.8) is 0 Å². The molecule has 0 radical (unpaired) electrons. The Hall–Kier alpha value is -1.15. The summed E-state index contributed by atoms with van der Waals surface area (Å²) >= 11 is 0. The Labute approximate surface area is 128 Å². The van der Waals surface area contributed by atoms with Crippen molar-refractivity contribution in [1.82, 2.24) is 5.32 Å². The van der Waals surface area contributed by atoms with Gasteiger partial charge in [0.15, 0.2) is 5.78 Å². The zero-order valence-corrected chi connectivity index (χ0v) is 13.2. The lowest BCUT2D eigenvalue weighted by Crippen LogP contribution is -2.46. The Morgan fingerprint density at radius 1 is 1.14 bits per heavy atom. The first-order chi connectivity index (χ1) is 10.2. The molecular weight excluding hydrogens is 258 g/mol. The van der Waals surface area contributed by atoms with Gasteiger partial charge in [-0.15, -0.1) is 0 Å². The topological polar surface area (TPSA) is 29.1 Å². The van der Waals surface area contributed by atoms with E-state index in [9.17, 15) is 4.79 Å². The minimum atomic E-state index is 0.0437. The Balaban J connectivity index is 1.78. The van der Waals surface area contributed by atoms with E-state index in [1.165, 1.54) is 44.1 Å². The molecule has 114 valence electrons. The molecule has 2 heteroatoms. The molecule has 0 bridgehead atoms. The smallest absolute Gasteiger partial charge is 0.164 e. The summed E-state index contributed by atoms with van der Waals surface area (Å²) in [5, 5.41) is 3.47. The van der Waals surface area contributed by atoms with E-state index in [2.05, 4.69) is 17.4 Å². The van der Waals surface area contributed by atoms with Crippen LogP contribution in [0.3, 0.4) is 0 Å². The highest BCUT2D eigenvalue weighted by atomic mass is 16.1. The van der Waals surface area contributed by atoms with Crippen molar-refractivity contribution < 1.29 is 4.79 Å². The Kier molecular flexibility index (Phi) is 4.44. The molecule has 2 aliphatic rings.